The van der Waals surface area contributed by atoms with E-state index in [1.807, 2.05) is 20.8 Å². The summed E-state index contributed by atoms with van der Waals surface area (Å²) in [6.45, 7) is 8.36. The lowest BCUT2D eigenvalue weighted by atomic mass is 10.1. The van der Waals surface area contributed by atoms with Gasteiger partial charge >= 0.3 is 6.09 Å². The maximum absolute atomic E-state index is 11.5. The number of nitrogens with one attached hydrogen (secondary N) is 1. The van der Waals surface area contributed by atoms with Gasteiger partial charge in [0.25, 0.3) is 0 Å². The SMILES string of the molecule is CCCc1cccc(CCNC(=O)OC(C)(C)C)c1. The Hall–Kier alpha value is -1.51. The summed E-state index contributed by atoms with van der Waals surface area (Å²) in [6.07, 6.45) is 2.74. The minimum atomic E-state index is -0.439. The number of rotatable bonds is 5. The van der Waals surface area contributed by atoms with E-state index >= 15 is 0 Å². The summed E-state index contributed by atoms with van der Waals surface area (Å²) in [7, 11) is 0. The number of benzene rings is 1. The molecule has 0 aromatic heterocycles. The zero-order chi connectivity index (χ0) is 14.3. The molecule has 1 aromatic carbocycles. The highest BCUT2D eigenvalue weighted by molar-refractivity contribution is 5.67. The number of ether oxygens (including phenoxy) is 1. The average Bonchev–Trinajstić information content (AvgIpc) is 2.27. The van der Waals surface area contributed by atoms with Crippen LogP contribution in [-0.2, 0) is 17.6 Å². The molecule has 0 aliphatic heterocycles. The second-order valence-electron chi connectivity index (χ2n) is 5.75. The number of hydrogen-bond donors (Lipinski definition) is 1. The van der Waals surface area contributed by atoms with Crippen molar-refractivity contribution in [3.8, 4) is 0 Å². The molecular formula is C16H25NO2. The molecule has 106 valence electrons. The predicted octanol–water partition coefficient (Wildman–Crippen LogP) is 3.71. The molecule has 0 fully saturated rings. The summed E-state index contributed by atoms with van der Waals surface area (Å²) in [4.78, 5) is 11.5. The average molecular weight is 263 g/mol. The summed E-state index contributed by atoms with van der Waals surface area (Å²) in [5.41, 5.74) is 2.17. The normalized spacial score (nSPS) is 11.2. The molecule has 3 heteroatoms. The maximum atomic E-state index is 11.5. The lowest BCUT2D eigenvalue weighted by Gasteiger charge is -2.19. The summed E-state index contributed by atoms with van der Waals surface area (Å²) >= 11 is 0. The fourth-order valence-corrected chi connectivity index (χ4v) is 1.85. The van der Waals surface area contributed by atoms with E-state index in [0.29, 0.717) is 6.54 Å². The smallest absolute Gasteiger partial charge is 0.407 e. The Bertz CT molecular complexity index is 407. The van der Waals surface area contributed by atoms with Gasteiger partial charge in [0, 0.05) is 6.54 Å². The van der Waals surface area contributed by atoms with Crippen molar-refractivity contribution >= 4 is 6.09 Å². The molecule has 0 aliphatic carbocycles. The van der Waals surface area contributed by atoms with E-state index in [-0.39, 0.29) is 6.09 Å². The Labute approximate surface area is 116 Å². The molecule has 1 rings (SSSR count). The molecule has 0 aliphatic rings. The standard InChI is InChI=1S/C16H25NO2/c1-5-7-13-8-6-9-14(12-13)10-11-17-15(18)19-16(2,3)4/h6,8-9,12H,5,7,10-11H2,1-4H3,(H,17,18). The van der Waals surface area contributed by atoms with Gasteiger partial charge < -0.3 is 10.1 Å². The molecule has 0 radical (unpaired) electrons. The zero-order valence-electron chi connectivity index (χ0n) is 12.5. The van der Waals surface area contributed by atoms with Gasteiger partial charge in [-0.1, -0.05) is 37.6 Å². The van der Waals surface area contributed by atoms with Gasteiger partial charge in [-0.3, -0.25) is 0 Å². The number of amides is 1. The van der Waals surface area contributed by atoms with Crippen LogP contribution in [0.1, 0.15) is 45.2 Å². The molecule has 0 saturated heterocycles. The van der Waals surface area contributed by atoms with Crippen molar-refractivity contribution < 1.29 is 9.53 Å². The summed E-state index contributed by atoms with van der Waals surface area (Å²) < 4.78 is 5.19. The van der Waals surface area contributed by atoms with Crippen LogP contribution in [0.4, 0.5) is 4.79 Å². The number of aryl methyl sites for hydroxylation is 1. The van der Waals surface area contributed by atoms with E-state index in [1.165, 1.54) is 11.1 Å². The van der Waals surface area contributed by atoms with Crippen molar-refractivity contribution in [2.75, 3.05) is 6.54 Å². The number of alkyl carbamates (subject to hydrolysis) is 1. The minimum absolute atomic E-state index is 0.350. The quantitative estimate of drug-likeness (QED) is 0.879. The Kier molecular flexibility index (Phi) is 5.87. The van der Waals surface area contributed by atoms with E-state index in [1.54, 1.807) is 0 Å². The van der Waals surface area contributed by atoms with Crippen molar-refractivity contribution in [1.82, 2.24) is 5.32 Å². The first kappa shape index (κ1) is 15.5. The first-order valence-electron chi connectivity index (χ1n) is 6.95. The van der Waals surface area contributed by atoms with Gasteiger partial charge in [0.2, 0.25) is 0 Å². The van der Waals surface area contributed by atoms with Gasteiger partial charge in [0.15, 0.2) is 0 Å². The highest BCUT2D eigenvalue weighted by Gasteiger charge is 2.15. The fourth-order valence-electron chi connectivity index (χ4n) is 1.85. The van der Waals surface area contributed by atoms with Crippen molar-refractivity contribution in [2.24, 2.45) is 0 Å². The van der Waals surface area contributed by atoms with Crippen molar-refractivity contribution in [3.05, 3.63) is 35.4 Å². The largest absolute Gasteiger partial charge is 0.444 e. The second-order valence-corrected chi connectivity index (χ2v) is 5.75. The monoisotopic (exact) mass is 263 g/mol. The minimum Gasteiger partial charge on any atom is -0.444 e. The topological polar surface area (TPSA) is 38.3 Å². The van der Waals surface area contributed by atoms with Gasteiger partial charge in [-0.2, -0.15) is 0 Å². The van der Waals surface area contributed by atoms with Gasteiger partial charge in [-0.15, -0.1) is 0 Å². The molecule has 1 amide bonds. The van der Waals surface area contributed by atoms with E-state index in [4.69, 9.17) is 4.74 Å². The Morgan fingerprint density at radius 2 is 1.84 bits per heavy atom. The van der Waals surface area contributed by atoms with Crippen LogP contribution in [0.25, 0.3) is 0 Å². The van der Waals surface area contributed by atoms with Crippen LogP contribution < -0.4 is 5.32 Å². The highest BCUT2D eigenvalue weighted by Crippen LogP contribution is 2.09. The second kappa shape index (κ2) is 7.17. The molecule has 1 aromatic rings. The number of carbonyl (C=O) groups excluding carboxylic acids is 1. The first-order valence-corrected chi connectivity index (χ1v) is 6.95. The molecule has 0 atom stereocenters. The molecule has 0 unspecified atom stereocenters. The van der Waals surface area contributed by atoms with Gasteiger partial charge in [0.1, 0.15) is 5.60 Å². The Balaban J connectivity index is 2.36. The maximum Gasteiger partial charge on any atom is 0.407 e. The van der Waals surface area contributed by atoms with Gasteiger partial charge in [-0.05, 0) is 44.7 Å². The third-order valence-electron chi connectivity index (χ3n) is 2.61. The summed E-state index contributed by atoms with van der Waals surface area (Å²) in [5, 5.41) is 2.78. The lowest BCUT2D eigenvalue weighted by Crippen LogP contribution is -2.33. The zero-order valence-corrected chi connectivity index (χ0v) is 12.5. The first-order chi connectivity index (χ1) is 8.90. The van der Waals surface area contributed by atoms with Crippen molar-refractivity contribution in [2.45, 2.75) is 52.6 Å². The fraction of sp³-hybridized carbons (Fsp3) is 0.562. The molecule has 0 spiro atoms. The van der Waals surface area contributed by atoms with E-state index in [0.717, 1.165) is 19.3 Å². The molecule has 19 heavy (non-hydrogen) atoms. The van der Waals surface area contributed by atoms with E-state index < -0.39 is 5.60 Å². The van der Waals surface area contributed by atoms with Crippen LogP contribution in [0.3, 0.4) is 0 Å². The van der Waals surface area contributed by atoms with E-state index in [2.05, 4.69) is 36.5 Å². The number of hydrogen-bond acceptors (Lipinski definition) is 2. The molecule has 1 N–H and O–H groups in total. The molecule has 0 saturated carbocycles. The Morgan fingerprint density at radius 3 is 2.42 bits per heavy atom. The molecule has 0 bridgehead atoms. The van der Waals surface area contributed by atoms with Crippen LogP contribution in [0.5, 0.6) is 0 Å². The molecular weight excluding hydrogens is 238 g/mol. The predicted molar refractivity (Wildman–Crippen MR) is 78.4 cm³/mol. The highest BCUT2D eigenvalue weighted by atomic mass is 16.6. The third-order valence-corrected chi connectivity index (χ3v) is 2.61. The van der Waals surface area contributed by atoms with Gasteiger partial charge in [-0.25, -0.2) is 4.79 Å². The van der Waals surface area contributed by atoms with Crippen LogP contribution in [-0.4, -0.2) is 18.2 Å². The van der Waals surface area contributed by atoms with Gasteiger partial charge in [0.05, 0.1) is 0 Å². The van der Waals surface area contributed by atoms with Crippen LogP contribution in [0, 0.1) is 0 Å². The Morgan fingerprint density at radius 1 is 1.21 bits per heavy atom. The lowest BCUT2D eigenvalue weighted by molar-refractivity contribution is 0.0528. The summed E-state index contributed by atoms with van der Waals surface area (Å²) in [6, 6.07) is 8.53. The molecule has 0 heterocycles. The van der Waals surface area contributed by atoms with Crippen molar-refractivity contribution in [3.63, 3.8) is 0 Å². The van der Waals surface area contributed by atoms with E-state index in [9.17, 15) is 4.79 Å². The third kappa shape index (κ3) is 6.85. The molecule has 3 nitrogen and oxygen atoms in total. The van der Waals surface area contributed by atoms with Crippen molar-refractivity contribution in [1.29, 1.82) is 0 Å². The van der Waals surface area contributed by atoms with Crippen LogP contribution >= 0.6 is 0 Å². The number of carbonyl (C=O) groups is 1. The summed E-state index contributed by atoms with van der Waals surface area (Å²) in [5.74, 6) is 0. The van der Waals surface area contributed by atoms with Crippen LogP contribution in [0.15, 0.2) is 24.3 Å². The van der Waals surface area contributed by atoms with Crippen LogP contribution in [0.2, 0.25) is 0 Å².